The molecule has 4 nitrogen and oxygen atoms in total. The molecule has 0 spiro atoms. The smallest absolute Gasteiger partial charge is 0.422 e. The maximum Gasteiger partial charge on any atom is 0.422 e. The van der Waals surface area contributed by atoms with Crippen LogP contribution in [0.25, 0.3) is 0 Å². The van der Waals surface area contributed by atoms with E-state index >= 15 is 0 Å². The Labute approximate surface area is 156 Å². The van der Waals surface area contributed by atoms with Crippen LogP contribution in [0, 0.1) is 0 Å². The average molecular weight is 380 g/mol. The fourth-order valence-electron chi connectivity index (χ4n) is 2.57. The second-order valence-corrected chi connectivity index (χ2v) is 6.29. The Morgan fingerprint density at radius 3 is 2.59 bits per heavy atom. The molecule has 27 heavy (non-hydrogen) atoms. The minimum absolute atomic E-state index is 0.112. The van der Waals surface area contributed by atoms with Crippen molar-refractivity contribution in [2.24, 2.45) is 0 Å². The Kier molecular flexibility index (Phi) is 7.21. The van der Waals surface area contributed by atoms with Crippen molar-refractivity contribution in [1.82, 2.24) is 10.3 Å². The number of amides is 1. The van der Waals surface area contributed by atoms with E-state index in [0.717, 1.165) is 24.8 Å². The number of halogens is 3. The van der Waals surface area contributed by atoms with E-state index in [1.54, 1.807) is 19.1 Å². The number of hydrogen-bond acceptors (Lipinski definition) is 3. The van der Waals surface area contributed by atoms with Crippen LogP contribution in [0.1, 0.15) is 54.2 Å². The monoisotopic (exact) mass is 380 g/mol. The Morgan fingerprint density at radius 2 is 1.96 bits per heavy atom. The number of nitrogens with zero attached hydrogens (tertiary/aromatic N) is 1. The van der Waals surface area contributed by atoms with E-state index in [4.69, 9.17) is 0 Å². The second-order valence-electron chi connectivity index (χ2n) is 6.29. The standard InChI is InChI=1S/C20H23F3N2O2/c1-3-4-7-15-8-5-6-9-17(15)19(26)25-14(2)16-10-11-18(24-12-16)27-13-20(21,22)23/h5-6,8-12,14H,3-4,7,13H2,1-2H3,(H,25,26). The van der Waals surface area contributed by atoms with E-state index < -0.39 is 12.8 Å². The normalized spacial score (nSPS) is 12.5. The summed E-state index contributed by atoms with van der Waals surface area (Å²) in [5.41, 5.74) is 2.31. The lowest BCUT2D eigenvalue weighted by Crippen LogP contribution is -2.27. The average Bonchev–Trinajstić information content (AvgIpc) is 2.64. The number of unbranched alkanes of at least 4 members (excludes halogenated alkanes) is 1. The van der Waals surface area contributed by atoms with Gasteiger partial charge in [-0.25, -0.2) is 4.98 Å². The zero-order valence-corrected chi connectivity index (χ0v) is 15.3. The van der Waals surface area contributed by atoms with Gasteiger partial charge in [-0.05, 0) is 37.0 Å². The predicted molar refractivity (Wildman–Crippen MR) is 96.7 cm³/mol. The molecular formula is C20H23F3N2O2. The number of ether oxygens (including phenoxy) is 1. The van der Waals surface area contributed by atoms with Crippen molar-refractivity contribution in [3.8, 4) is 5.88 Å². The van der Waals surface area contributed by atoms with Crippen LogP contribution in [0.2, 0.25) is 0 Å². The largest absolute Gasteiger partial charge is 0.468 e. The van der Waals surface area contributed by atoms with Gasteiger partial charge in [0, 0.05) is 17.8 Å². The Hall–Kier alpha value is -2.57. The number of aryl methyl sites for hydroxylation is 1. The Morgan fingerprint density at radius 1 is 1.22 bits per heavy atom. The SMILES string of the molecule is CCCCc1ccccc1C(=O)NC(C)c1ccc(OCC(F)(F)F)nc1. The Balaban J connectivity index is 2.00. The van der Waals surface area contributed by atoms with E-state index in [0.29, 0.717) is 11.1 Å². The summed E-state index contributed by atoms with van der Waals surface area (Å²) >= 11 is 0. The molecule has 1 amide bonds. The lowest BCUT2D eigenvalue weighted by molar-refractivity contribution is -0.154. The highest BCUT2D eigenvalue weighted by Crippen LogP contribution is 2.20. The molecule has 0 saturated heterocycles. The highest BCUT2D eigenvalue weighted by Gasteiger charge is 2.28. The van der Waals surface area contributed by atoms with Crippen LogP contribution in [-0.2, 0) is 6.42 Å². The minimum Gasteiger partial charge on any atom is -0.468 e. The van der Waals surface area contributed by atoms with Crippen LogP contribution < -0.4 is 10.1 Å². The number of hydrogen-bond donors (Lipinski definition) is 1. The van der Waals surface area contributed by atoms with Gasteiger partial charge in [0.15, 0.2) is 6.61 Å². The summed E-state index contributed by atoms with van der Waals surface area (Å²) in [5.74, 6) is -0.300. The summed E-state index contributed by atoms with van der Waals surface area (Å²) in [6.45, 7) is 2.50. The van der Waals surface area contributed by atoms with E-state index in [-0.39, 0.29) is 17.8 Å². The summed E-state index contributed by atoms with van der Waals surface area (Å²) in [6, 6.07) is 10.1. The first kappa shape index (κ1) is 20.7. The molecule has 1 aromatic heterocycles. The number of alkyl halides is 3. The summed E-state index contributed by atoms with van der Waals surface area (Å²) in [7, 11) is 0. The van der Waals surface area contributed by atoms with Crippen molar-refractivity contribution in [1.29, 1.82) is 0 Å². The molecule has 0 aliphatic carbocycles. The number of pyridine rings is 1. The number of carbonyl (C=O) groups excluding carboxylic acids is 1. The van der Waals surface area contributed by atoms with Gasteiger partial charge in [0.1, 0.15) is 0 Å². The molecule has 0 fully saturated rings. The summed E-state index contributed by atoms with van der Waals surface area (Å²) in [5, 5.41) is 2.91. The number of benzene rings is 1. The molecule has 1 N–H and O–H groups in total. The van der Waals surface area contributed by atoms with E-state index in [9.17, 15) is 18.0 Å². The second kappa shape index (κ2) is 9.39. The lowest BCUT2D eigenvalue weighted by atomic mass is 10.0. The summed E-state index contributed by atoms with van der Waals surface area (Å²) in [4.78, 5) is 16.5. The van der Waals surface area contributed by atoms with Crippen LogP contribution in [0.3, 0.4) is 0 Å². The van der Waals surface area contributed by atoms with Gasteiger partial charge >= 0.3 is 6.18 Å². The molecule has 7 heteroatoms. The van der Waals surface area contributed by atoms with Gasteiger partial charge in [0.05, 0.1) is 6.04 Å². The first-order valence-electron chi connectivity index (χ1n) is 8.84. The highest BCUT2D eigenvalue weighted by molar-refractivity contribution is 5.95. The fraction of sp³-hybridized carbons (Fsp3) is 0.400. The van der Waals surface area contributed by atoms with Gasteiger partial charge in [-0.1, -0.05) is 37.6 Å². The van der Waals surface area contributed by atoms with Gasteiger partial charge in [0.25, 0.3) is 5.91 Å². The van der Waals surface area contributed by atoms with E-state index in [1.165, 1.54) is 12.3 Å². The van der Waals surface area contributed by atoms with Crippen LogP contribution in [0.4, 0.5) is 13.2 Å². The molecule has 1 aromatic carbocycles. The third-order valence-electron chi connectivity index (χ3n) is 4.05. The number of carbonyl (C=O) groups is 1. The zero-order chi connectivity index (χ0) is 19.9. The van der Waals surface area contributed by atoms with Crippen LogP contribution >= 0.6 is 0 Å². The number of aromatic nitrogens is 1. The molecule has 0 aliphatic heterocycles. The first-order chi connectivity index (χ1) is 12.8. The van der Waals surface area contributed by atoms with Crippen LogP contribution in [-0.4, -0.2) is 23.7 Å². The molecule has 0 bridgehead atoms. The van der Waals surface area contributed by atoms with Gasteiger partial charge in [-0.3, -0.25) is 4.79 Å². The highest BCUT2D eigenvalue weighted by atomic mass is 19.4. The van der Waals surface area contributed by atoms with Crippen molar-refractivity contribution in [2.75, 3.05) is 6.61 Å². The van der Waals surface area contributed by atoms with Crippen molar-refractivity contribution in [2.45, 2.75) is 45.3 Å². The topological polar surface area (TPSA) is 51.2 Å². The molecule has 2 rings (SSSR count). The molecule has 2 aromatic rings. The molecule has 1 heterocycles. The Bertz CT molecular complexity index is 746. The van der Waals surface area contributed by atoms with E-state index in [2.05, 4.69) is 22.0 Å². The predicted octanol–water partition coefficient (Wildman–Crippen LogP) is 4.86. The van der Waals surface area contributed by atoms with Gasteiger partial charge in [-0.2, -0.15) is 13.2 Å². The number of rotatable bonds is 8. The summed E-state index contributed by atoms with van der Waals surface area (Å²) < 4.78 is 41.1. The molecule has 1 unspecified atom stereocenters. The van der Waals surface area contributed by atoms with Crippen molar-refractivity contribution < 1.29 is 22.7 Å². The third-order valence-corrected chi connectivity index (χ3v) is 4.05. The van der Waals surface area contributed by atoms with Gasteiger partial charge in [0.2, 0.25) is 5.88 Å². The van der Waals surface area contributed by atoms with E-state index in [1.807, 2.05) is 18.2 Å². The third kappa shape index (κ3) is 6.58. The maximum atomic E-state index is 12.6. The van der Waals surface area contributed by atoms with Crippen molar-refractivity contribution in [3.05, 3.63) is 59.3 Å². The first-order valence-corrected chi connectivity index (χ1v) is 8.84. The summed E-state index contributed by atoms with van der Waals surface area (Å²) in [6.07, 6.45) is -0.127. The van der Waals surface area contributed by atoms with Crippen LogP contribution in [0.15, 0.2) is 42.6 Å². The van der Waals surface area contributed by atoms with Crippen molar-refractivity contribution in [3.63, 3.8) is 0 Å². The molecule has 146 valence electrons. The molecule has 0 aliphatic rings. The van der Waals surface area contributed by atoms with Gasteiger partial charge in [-0.15, -0.1) is 0 Å². The maximum absolute atomic E-state index is 12.6. The minimum atomic E-state index is -4.41. The molecule has 0 saturated carbocycles. The lowest BCUT2D eigenvalue weighted by Gasteiger charge is -2.16. The van der Waals surface area contributed by atoms with Gasteiger partial charge < -0.3 is 10.1 Å². The number of nitrogens with one attached hydrogen (secondary N) is 1. The van der Waals surface area contributed by atoms with Crippen molar-refractivity contribution >= 4 is 5.91 Å². The fourth-order valence-corrected chi connectivity index (χ4v) is 2.57. The molecule has 1 atom stereocenters. The zero-order valence-electron chi connectivity index (χ0n) is 15.3. The quantitative estimate of drug-likeness (QED) is 0.712. The molecule has 0 radical (unpaired) electrons. The molecular weight excluding hydrogens is 357 g/mol. The van der Waals surface area contributed by atoms with Crippen LogP contribution in [0.5, 0.6) is 5.88 Å².